The predicted molar refractivity (Wildman–Crippen MR) is 109 cm³/mol. The molecule has 3 rings (SSSR count). The summed E-state index contributed by atoms with van der Waals surface area (Å²) in [7, 11) is 0. The van der Waals surface area contributed by atoms with Crippen molar-refractivity contribution in [1.82, 2.24) is 25.2 Å². The Balaban J connectivity index is 1.48. The smallest absolute Gasteiger partial charge is 0.318 e. The number of thiazole rings is 1. The van der Waals surface area contributed by atoms with Crippen LogP contribution in [-0.4, -0.2) is 64.0 Å². The van der Waals surface area contributed by atoms with Crippen molar-refractivity contribution in [2.75, 3.05) is 36.4 Å². The first-order chi connectivity index (χ1) is 13.5. The van der Waals surface area contributed by atoms with Crippen LogP contribution in [0.5, 0.6) is 0 Å². The van der Waals surface area contributed by atoms with E-state index in [1.54, 1.807) is 30.3 Å². The standard InChI is InChI=1S/C18H25N7O2S/c1-4-14-13(3)28-17(22-14)23-15(26)12(2)21-18(27)25-10-8-24(9-11-25)16-19-6-5-7-20-16/h5-7,12H,4,8-11H2,1-3H3,(H,21,27)(H,22,23,26). The van der Waals surface area contributed by atoms with E-state index in [-0.39, 0.29) is 11.9 Å². The number of carbonyl (C=O) groups excluding carboxylic acids is 2. The third kappa shape index (κ3) is 4.75. The molecule has 0 bridgehead atoms. The molecule has 3 amide bonds. The van der Waals surface area contributed by atoms with Crippen LogP contribution in [0.25, 0.3) is 0 Å². The second-order valence-electron chi connectivity index (χ2n) is 6.56. The van der Waals surface area contributed by atoms with Gasteiger partial charge in [-0.25, -0.2) is 19.7 Å². The largest absolute Gasteiger partial charge is 0.337 e. The lowest BCUT2D eigenvalue weighted by atomic mass is 10.3. The maximum atomic E-state index is 12.5. The van der Waals surface area contributed by atoms with Crippen molar-refractivity contribution in [3.63, 3.8) is 0 Å². The highest BCUT2D eigenvalue weighted by molar-refractivity contribution is 7.15. The summed E-state index contributed by atoms with van der Waals surface area (Å²) < 4.78 is 0. The van der Waals surface area contributed by atoms with Crippen molar-refractivity contribution in [3.8, 4) is 0 Å². The van der Waals surface area contributed by atoms with Crippen LogP contribution in [0.1, 0.15) is 24.4 Å². The number of nitrogens with zero attached hydrogens (tertiary/aromatic N) is 5. The first kappa shape index (κ1) is 20.0. The Hall–Kier alpha value is -2.75. The molecule has 1 saturated heterocycles. The van der Waals surface area contributed by atoms with Crippen LogP contribution in [0.3, 0.4) is 0 Å². The monoisotopic (exact) mass is 403 g/mol. The average Bonchev–Trinajstić information content (AvgIpc) is 3.07. The molecule has 1 aliphatic heterocycles. The molecule has 1 atom stereocenters. The van der Waals surface area contributed by atoms with Gasteiger partial charge in [0.2, 0.25) is 11.9 Å². The van der Waals surface area contributed by atoms with Gasteiger partial charge in [-0.05, 0) is 26.3 Å². The first-order valence-corrected chi connectivity index (χ1v) is 10.1. The fraction of sp³-hybridized carbons (Fsp3) is 0.500. The molecular weight excluding hydrogens is 378 g/mol. The van der Waals surface area contributed by atoms with Crippen LogP contribution in [0, 0.1) is 6.92 Å². The van der Waals surface area contributed by atoms with Crippen LogP contribution >= 0.6 is 11.3 Å². The molecule has 0 aliphatic carbocycles. The van der Waals surface area contributed by atoms with Crippen LogP contribution in [0.15, 0.2) is 18.5 Å². The highest BCUT2D eigenvalue weighted by Gasteiger charge is 2.25. The molecular formula is C18H25N7O2S. The van der Waals surface area contributed by atoms with Crippen LogP contribution in [-0.2, 0) is 11.2 Å². The maximum Gasteiger partial charge on any atom is 0.318 e. The summed E-state index contributed by atoms with van der Waals surface area (Å²) in [6.45, 7) is 8.07. The van der Waals surface area contributed by atoms with E-state index in [1.807, 2.05) is 18.7 Å². The van der Waals surface area contributed by atoms with Crippen molar-refractivity contribution in [3.05, 3.63) is 29.0 Å². The van der Waals surface area contributed by atoms with Crippen LogP contribution in [0.4, 0.5) is 15.9 Å². The molecule has 0 spiro atoms. The lowest BCUT2D eigenvalue weighted by Gasteiger charge is -2.35. The normalized spacial score (nSPS) is 15.2. The highest BCUT2D eigenvalue weighted by Crippen LogP contribution is 2.22. The van der Waals surface area contributed by atoms with Gasteiger partial charge in [-0.3, -0.25) is 4.79 Å². The Labute approximate surface area is 168 Å². The minimum absolute atomic E-state index is 0.249. The number of urea groups is 1. The van der Waals surface area contributed by atoms with Gasteiger partial charge in [-0.2, -0.15) is 0 Å². The number of anilines is 2. The van der Waals surface area contributed by atoms with Gasteiger partial charge in [0.25, 0.3) is 0 Å². The van der Waals surface area contributed by atoms with Crippen molar-refractivity contribution < 1.29 is 9.59 Å². The minimum atomic E-state index is -0.655. The zero-order chi connectivity index (χ0) is 20.1. The average molecular weight is 404 g/mol. The van der Waals surface area contributed by atoms with E-state index in [2.05, 4.69) is 25.6 Å². The summed E-state index contributed by atoms with van der Waals surface area (Å²) in [5, 5.41) is 6.11. The van der Waals surface area contributed by atoms with E-state index >= 15 is 0 Å². The number of nitrogens with one attached hydrogen (secondary N) is 2. The quantitative estimate of drug-likeness (QED) is 0.787. The van der Waals surface area contributed by atoms with E-state index < -0.39 is 6.04 Å². The molecule has 0 aromatic carbocycles. The highest BCUT2D eigenvalue weighted by atomic mass is 32.1. The number of amides is 3. The molecule has 2 aromatic heterocycles. The van der Waals surface area contributed by atoms with Gasteiger partial charge in [0, 0.05) is 43.4 Å². The molecule has 2 N–H and O–H groups in total. The SMILES string of the molecule is CCc1nc(NC(=O)C(C)NC(=O)N2CCN(c3ncccn3)CC2)sc1C. The van der Waals surface area contributed by atoms with Crippen LogP contribution < -0.4 is 15.5 Å². The molecule has 9 nitrogen and oxygen atoms in total. The molecule has 10 heteroatoms. The molecule has 2 aromatic rings. The van der Waals surface area contributed by atoms with E-state index in [9.17, 15) is 9.59 Å². The van der Waals surface area contributed by atoms with Crippen molar-refractivity contribution in [2.24, 2.45) is 0 Å². The number of rotatable bonds is 5. The number of carbonyl (C=O) groups is 2. The van der Waals surface area contributed by atoms with Gasteiger partial charge in [-0.15, -0.1) is 11.3 Å². The van der Waals surface area contributed by atoms with Gasteiger partial charge in [0.1, 0.15) is 6.04 Å². The number of aryl methyl sites for hydroxylation is 2. The summed E-state index contributed by atoms with van der Waals surface area (Å²) >= 11 is 1.45. The lowest BCUT2D eigenvalue weighted by Crippen LogP contribution is -2.55. The number of aromatic nitrogens is 3. The molecule has 3 heterocycles. The summed E-state index contributed by atoms with van der Waals surface area (Å²) in [6.07, 6.45) is 4.23. The number of hydrogen-bond acceptors (Lipinski definition) is 7. The van der Waals surface area contributed by atoms with E-state index in [0.29, 0.717) is 37.3 Å². The van der Waals surface area contributed by atoms with Crippen LogP contribution in [0.2, 0.25) is 0 Å². The summed E-state index contributed by atoms with van der Waals surface area (Å²) in [5.41, 5.74) is 0.984. The number of hydrogen-bond donors (Lipinski definition) is 2. The Bertz CT molecular complexity index is 819. The van der Waals surface area contributed by atoms with Crippen molar-refractivity contribution in [2.45, 2.75) is 33.2 Å². The minimum Gasteiger partial charge on any atom is -0.337 e. The van der Waals surface area contributed by atoms with E-state index in [4.69, 9.17) is 0 Å². The lowest BCUT2D eigenvalue weighted by molar-refractivity contribution is -0.117. The maximum absolute atomic E-state index is 12.5. The molecule has 0 saturated carbocycles. The fourth-order valence-electron chi connectivity index (χ4n) is 2.93. The Kier molecular flexibility index (Phi) is 6.40. The zero-order valence-corrected chi connectivity index (χ0v) is 17.1. The molecule has 1 aliphatic rings. The Morgan fingerprint density at radius 3 is 2.50 bits per heavy atom. The predicted octanol–water partition coefficient (Wildman–Crippen LogP) is 1.66. The molecule has 1 fully saturated rings. The first-order valence-electron chi connectivity index (χ1n) is 9.32. The van der Waals surface area contributed by atoms with E-state index in [0.717, 1.165) is 17.0 Å². The molecule has 1 unspecified atom stereocenters. The second-order valence-corrected chi connectivity index (χ2v) is 7.76. The van der Waals surface area contributed by atoms with Crippen molar-refractivity contribution >= 4 is 34.4 Å². The Morgan fingerprint density at radius 1 is 1.21 bits per heavy atom. The summed E-state index contributed by atoms with van der Waals surface area (Å²) in [6, 6.07) is 0.869. The van der Waals surface area contributed by atoms with E-state index in [1.165, 1.54) is 11.3 Å². The topological polar surface area (TPSA) is 103 Å². The number of piperazine rings is 1. The summed E-state index contributed by atoms with van der Waals surface area (Å²) in [5.74, 6) is 0.390. The van der Waals surface area contributed by atoms with Gasteiger partial charge < -0.3 is 20.4 Å². The Morgan fingerprint density at radius 2 is 1.89 bits per heavy atom. The second kappa shape index (κ2) is 8.96. The molecule has 28 heavy (non-hydrogen) atoms. The van der Waals surface area contributed by atoms with Gasteiger partial charge in [-0.1, -0.05) is 6.92 Å². The third-order valence-electron chi connectivity index (χ3n) is 4.59. The van der Waals surface area contributed by atoms with Gasteiger partial charge in [0.15, 0.2) is 5.13 Å². The third-order valence-corrected chi connectivity index (χ3v) is 5.52. The fourth-order valence-corrected chi connectivity index (χ4v) is 3.83. The molecule has 0 radical (unpaired) electrons. The van der Waals surface area contributed by atoms with Crippen molar-refractivity contribution in [1.29, 1.82) is 0 Å². The summed E-state index contributed by atoms with van der Waals surface area (Å²) in [4.78, 5) is 42.6. The van der Waals surface area contributed by atoms with Gasteiger partial charge >= 0.3 is 6.03 Å². The zero-order valence-electron chi connectivity index (χ0n) is 16.3. The molecule has 150 valence electrons. The van der Waals surface area contributed by atoms with Gasteiger partial charge in [0.05, 0.1) is 5.69 Å².